The van der Waals surface area contributed by atoms with Gasteiger partial charge in [-0.25, -0.2) is 0 Å². The van der Waals surface area contributed by atoms with E-state index in [0.29, 0.717) is 17.2 Å². The standard InChI is InChI=1S/C15H17N3O5S/c1-8(9-4-5-10(22-2)11(6-9)23-3)17-18-15-16-14(21)12(24-15)7-13(19)20/h4-6,12H,7H2,1-3H3,(H,19,20)(H,16,18,21)/b17-8-/t12-/m0/s1. The predicted octanol–water partition coefficient (Wildman–Crippen LogP) is 1.49. The number of ether oxygens (including phenoxy) is 2. The average molecular weight is 351 g/mol. The summed E-state index contributed by atoms with van der Waals surface area (Å²) in [5.41, 5.74) is 1.40. The molecule has 0 unspecified atom stereocenters. The molecule has 0 radical (unpaired) electrons. The first-order valence-corrected chi connectivity index (χ1v) is 7.86. The number of amides is 1. The maximum absolute atomic E-state index is 11.6. The summed E-state index contributed by atoms with van der Waals surface area (Å²) >= 11 is 1.05. The molecule has 1 atom stereocenters. The van der Waals surface area contributed by atoms with Crippen molar-refractivity contribution < 1.29 is 24.2 Å². The molecule has 1 heterocycles. The van der Waals surface area contributed by atoms with Crippen LogP contribution in [0.3, 0.4) is 0 Å². The van der Waals surface area contributed by atoms with E-state index in [1.54, 1.807) is 33.3 Å². The molecule has 0 aliphatic carbocycles. The highest BCUT2D eigenvalue weighted by Crippen LogP contribution is 2.28. The van der Waals surface area contributed by atoms with Crippen molar-refractivity contribution in [3.8, 4) is 11.5 Å². The van der Waals surface area contributed by atoms with E-state index in [-0.39, 0.29) is 17.5 Å². The molecule has 128 valence electrons. The SMILES string of the molecule is COc1ccc(/C(C)=N\N=C2\NC(=O)[C@H](CC(=O)O)S2)cc1OC. The molecule has 8 nitrogen and oxygen atoms in total. The van der Waals surface area contributed by atoms with E-state index >= 15 is 0 Å². The Morgan fingerprint density at radius 2 is 2.04 bits per heavy atom. The average Bonchev–Trinajstić information content (AvgIpc) is 2.91. The quantitative estimate of drug-likeness (QED) is 0.593. The molecule has 24 heavy (non-hydrogen) atoms. The van der Waals surface area contributed by atoms with Crippen molar-refractivity contribution in [2.24, 2.45) is 10.2 Å². The van der Waals surface area contributed by atoms with Crippen LogP contribution in [0.1, 0.15) is 18.9 Å². The van der Waals surface area contributed by atoms with Crippen molar-refractivity contribution in [1.29, 1.82) is 0 Å². The van der Waals surface area contributed by atoms with Crippen molar-refractivity contribution in [1.82, 2.24) is 5.32 Å². The number of carboxylic acid groups (broad SMARTS) is 1. The van der Waals surface area contributed by atoms with E-state index < -0.39 is 11.2 Å². The van der Waals surface area contributed by atoms with Gasteiger partial charge in [0.2, 0.25) is 5.91 Å². The molecule has 0 spiro atoms. The van der Waals surface area contributed by atoms with Crippen LogP contribution in [0.5, 0.6) is 11.5 Å². The van der Waals surface area contributed by atoms with Crippen LogP contribution in [-0.4, -0.2) is 47.3 Å². The van der Waals surface area contributed by atoms with Gasteiger partial charge in [0.25, 0.3) is 0 Å². The van der Waals surface area contributed by atoms with Crippen LogP contribution in [0, 0.1) is 0 Å². The van der Waals surface area contributed by atoms with Gasteiger partial charge in [0.05, 0.1) is 26.4 Å². The van der Waals surface area contributed by atoms with Crippen molar-refractivity contribution in [3.05, 3.63) is 23.8 Å². The number of nitrogens with one attached hydrogen (secondary N) is 1. The van der Waals surface area contributed by atoms with E-state index in [1.807, 2.05) is 6.07 Å². The molecule has 1 aliphatic rings. The monoisotopic (exact) mass is 351 g/mol. The molecule has 2 rings (SSSR count). The van der Waals surface area contributed by atoms with Gasteiger partial charge in [-0.3, -0.25) is 9.59 Å². The number of hydrogen-bond donors (Lipinski definition) is 2. The summed E-state index contributed by atoms with van der Waals surface area (Å²) in [7, 11) is 3.10. The Morgan fingerprint density at radius 3 is 2.67 bits per heavy atom. The minimum Gasteiger partial charge on any atom is -0.493 e. The third-order valence-corrected chi connectivity index (χ3v) is 4.30. The summed E-state index contributed by atoms with van der Waals surface area (Å²) in [6.07, 6.45) is -0.256. The fourth-order valence-corrected chi connectivity index (χ4v) is 2.89. The largest absolute Gasteiger partial charge is 0.493 e. The van der Waals surface area contributed by atoms with Crippen molar-refractivity contribution >= 4 is 34.5 Å². The minimum atomic E-state index is -1.03. The summed E-state index contributed by atoms with van der Waals surface area (Å²) in [5.74, 6) is -0.230. The molecule has 0 bridgehead atoms. The molecule has 1 saturated heterocycles. The molecular formula is C15H17N3O5S. The third-order valence-electron chi connectivity index (χ3n) is 3.23. The summed E-state index contributed by atoms with van der Waals surface area (Å²) < 4.78 is 10.4. The summed E-state index contributed by atoms with van der Waals surface area (Å²) in [6, 6.07) is 5.34. The molecule has 1 fully saturated rings. The molecule has 1 aromatic carbocycles. The van der Waals surface area contributed by atoms with E-state index in [1.165, 1.54) is 0 Å². The van der Waals surface area contributed by atoms with Crippen LogP contribution < -0.4 is 14.8 Å². The number of carbonyl (C=O) groups excluding carboxylic acids is 1. The summed E-state index contributed by atoms with van der Waals surface area (Å²) in [5, 5.41) is 18.9. The van der Waals surface area contributed by atoms with Crippen LogP contribution in [0.25, 0.3) is 0 Å². The number of methoxy groups -OCH3 is 2. The van der Waals surface area contributed by atoms with Crippen molar-refractivity contribution in [2.45, 2.75) is 18.6 Å². The van der Waals surface area contributed by atoms with Crippen LogP contribution >= 0.6 is 11.8 Å². The molecule has 0 saturated carbocycles. The number of carboxylic acids is 1. The highest BCUT2D eigenvalue weighted by molar-refractivity contribution is 8.15. The number of hydrogen-bond acceptors (Lipinski definition) is 7. The Labute approximate surface area is 142 Å². The van der Waals surface area contributed by atoms with Gasteiger partial charge in [-0.05, 0) is 25.1 Å². The third kappa shape index (κ3) is 4.25. The van der Waals surface area contributed by atoms with Gasteiger partial charge in [-0.1, -0.05) is 11.8 Å². The number of rotatable bonds is 6. The Kier molecular flexibility index (Phi) is 5.80. The van der Waals surface area contributed by atoms with Gasteiger partial charge < -0.3 is 19.9 Å². The van der Waals surface area contributed by atoms with Crippen LogP contribution in [0.15, 0.2) is 28.4 Å². The topological polar surface area (TPSA) is 110 Å². The molecule has 2 N–H and O–H groups in total. The second-order valence-corrected chi connectivity index (χ2v) is 6.05. The second kappa shape index (κ2) is 7.82. The fourth-order valence-electron chi connectivity index (χ4n) is 1.98. The lowest BCUT2D eigenvalue weighted by molar-refractivity contribution is -0.138. The Balaban J connectivity index is 2.14. The van der Waals surface area contributed by atoms with Gasteiger partial charge in [-0.15, -0.1) is 5.10 Å². The first-order chi connectivity index (χ1) is 11.4. The lowest BCUT2D eigenvalue weighted by Gasteiger charge is -2.08. The van der Waals surface area contributed by atoms with E-state index in [9.17, 15) is 9.59 Å². The lowest BCUT2D eigenvalue weighted by atomic mass is 10.1. The van der Waals surface area contributed by atoms with Gasteiger partial charge in [-0.2, -0.15) is 5.10 Å². The zero-order valence-corrected chi connectivity index (χ0v) is 14.2. The van der Waals surface area contributed by atoms with E-state index in [0.717, 1.165) is 17.3 Å². The van der Waals surface area contributed by atoms with Crippen molar-refractivity contribution in [2.75, 3.05) is 14.2 Å². The van der Waals surface area contributed by atoms with E-state index in [2.05, 4.69) is 15.5 Å². The lowest BCUT2D eigenvalue weighted by Crippen LogP contribution is -2.26. The number of carbonyl (C=O) groups is 2. The van der Waals surface area contributed by atoms with Gasteiger partial charge in [0.15, 0.2) is 16.7 Å². The molecule has 9 heteroatoms. The van der Waals surface area contributed by atoms with Gasteiger partial charge >= 0.3 is 5.97 Å². The minimum absolute atomic E-state index is 0.256. The summed E-state index contributed by atoms with van der Waals surface area (Å²) in [6.45, 7) is 1.77. The Bertz CT molecular complexity index is 717. The van der Waals surface area contributed by atoms with Crippen LogP contribution in [-0.2, 0) is 9.59 Å². The number of nitrogens with zero attached hydrogens (tertiary/aromatic N) is 2. The smallest absolute Gasteiger partial charge is 0.305 e. The second-order valence-electron chi connectivity index (χ2n) is 4.85. The number of thioether (sulfide) groups is 1. The number of benzene rings is 1. The maximum atomic E-state index is 11.6. The molecule has 1 aromatic rings. The predicted molar refractivity (Wildman–Crippen MR) is 91.0 cm³/mol. The van der Waals surface area contributed by atoms with E-state index in [4.69, 9.17) is 14.6 Å². The highest BCUT2D eigenvalue weighted by atomic mass is 32.2. The molecular weight excluding hydrogens is 334 g/mol. The molecule has 0 aromatic heterocycles. The maximum Gasteiger partial charge on any atom is 0.305 e. The first kappa shape index (κ1) is 17.8. The normalized spacial score (nSPS) is 19.3. The van der Waals surface area contributed by atoms with Crippen LogP contribution in [0.4, 0.5) is 0 Å². The Morgan fingerprint density at radius 1 is 1.33 bits per heavy atom. The first-order valence-electron chi connectivity index (χ1n) is 6.98. The van der Waals surface area contributed by atoms with Gasteiger partial charge in [0, 0.05) is 5.56 Å². The van der Waals surface area contributed by atoms with Crippen LogP contribution in [0.2, 0.25) is 0 Å². The van der Waals surface area contributed by atoms with Gasteiger partial charge in [0.1, 0.15) is 5.25 Å². The highest BCUT2D eigenvalue weighted by Gasteiger charge is 2.32. The number of amidine groups is 1. The molecule has 1 aliphatic heterocycles. The Hall–Kier alpha value is -2.55. The zero-order valence-electron chi connectivity index (χ0n) is 13.4. The van der Waals surface area contributed by atoms with Crippen molar-refractivity contribution in [3.63, 3.8) is 0 Å². The number of aliphatic carboxylic acids is 1. The zero-order chi connectivity index (χ0) is 17.7. The fraction of sp³-hybridized carbons (Fsp3) is 0.333. The molecule has 1 amide bonds. The summed E-state index contributed by atoms with van der Waals surface area (Å²) in [4.78, 5) is 22.3.